The zero-order valence-electron chi connectivity index (χ0n) is 13.0. The van der Waals surface area contributed by atoms with Gasteiger partial charge in [-0.15, -0.1) is 11.3 Å². The zero-order valence-corrected chi connectivity index (χ0v) is 13.9. The fourth-order valence-electron chi connectivity index (χ4n) is 2.53. The van der Waals surface area contributed by atoms with E-state index in [0.29, 0.717) is 5.00 Å². The van der Waals surface area contributed by atoms with Crippen LogP contribution in [-0.2, 0) is 14.3 Å². The second-order valence-electron chi connectivity index (χ2n) is 5.08. The van der Waals surface area contributed by atoms with Crippen LogP contribution in [0.2, 0.25) is 0 Å². The lowest BCUT2D eigenvalue weighted by atomic mass is 10.1. The fourth-order valence-corrected chi connectivity index (χ4v) is 3.56. The first-order chi connectivity index (χ1) is 11.7. The number of aromatic nitrogens is 1. The van der Waals surface area contributed by atoms with Crippen molar-refractivity contribution < 1.29 is 19.1 Å². The first-order valence-electron chi connectivity index (χ1n) is 7.53. The summed E-state index contributed by atoms with van der Waals surface area (Å²) in [4.78, 5) is 30.8. The van der Waals surface area contributed by atoms with Gasteiger partial charge in [0.25, 0.3) is 0 Å². The molecule has 0 saturated carbocycles. The molecule has 0 spiro atoms. The average Bonchev–Trinajstić information content (AvgIpc) is 3.19. The second kappa shape index (κ2) is 6.98. The molecule has 2 aromatic rings. The third-order valence-electron chi connectivity index (χ3n) is 3.61. The van der Waals surface area contributed by atoms with Crippen LogP contribution < -0.4 is 10.6 Å². The molecule has 0 aliphatic carbocycles. The van der Waals surface area contributed by atoms with Crippen molar-refractivity contribution in [2.24, 2.45) is 5.73 Å². The molecule has 1 aliphatic heterocycles. The summed E-state index contributed by atoms with van der Waals surface area (Å²) in [6.07, 6.45) is 0.0963. The lowest BCUT2D eigenvalue weighted by Crippen LogP contribution is -2.45. The number of thiophene rings is 1. The average molecular weight is 347 g/mol. The van der Waals surface area contributed by atoms with E-state index < -0.39 is 24.2 Å². The van der Waals surface area contributed by atoms with Gasteiger partial charge in [-0.2, -0.15) is 0 Å². The number of hydrogen-bond acceptors (Lipinski definition) is 7. The highest BCUT2D eigenvalue weighted by Crippen LogP contribution is 2.36. The van der Waals surface area contributed by atoms with Crippen LogP contribution in [0, 0.1) is 0 Å². The van der Waals surface area contributed by atoms with Crippen LogP contribution in [-0.4, -0.2) is 42.3 Å². The van der Waals surface area contributed by atoms with Gasteiger partial charge in [-0.25, -0.2) is 9.59 Å². The summed E-state index contributed by atoms with van der Waals surface area (Å²) >= 11 is 1.39. The Morgan fingerprint density at radius 3 is 2.92 bits per heavy atom. The van der Waals surface area contributed by atoms with Gasteiger partial charge in [0.1, 0.15) is 11.0 Å². The van der Waals surface area contributed by atoms with E-state index in [1.54, 1.807) is 19.2 Å². The van der Waals surface area contributed by atoms with Gasteiger partial charge in [-0.3, -0.25) is 9.88 Å². The van der Waals surface area contributed by atoms with Crippen LogP contribution in [0.1, 0.15) is 6.92 Å². The number of ether oxygens (including phenoxy) is 2. The van der Waals surface area contributed by atoms with Gasteiger partial charge in [0.05, 0.1) is 17.2 Å². The number of carbonyl (C=O) groups excluding carboxylic acids is 2. The van der Waals surface area contributed by atoms with Crippen LogP contribution in [0.4, 0.5) is 9.80 Å². The number of nitrogens with zero attached hydrogens (tertiary/aromatic N) is 2. The maximum absolute atomic E-state index is 12.2. The highest BCUT2D eigenvalue weighted by atomic mass is 32.1. The Bertz CT molecular complexity index is 734. The van der Waals surface area contributed by atoms with Crippen molar-refractivity contribution in [1.82, 2.24) is 4.98 Å². The van der Waals surface area contributed by atoms with Gasteiger partial charge in [-0.1, -0.05) is 6.07 Å². The number of cyclic esters (lactones) is 1. The summed E-state index contributed by atoms with van der Waals surface area (Å²) in [5.41, 5.74) is 6.59. The van der Waals surface area contributed by atoms with Crippen LogP contribution in [0.15, 0.2) is 36.5 Å². The molecule has 2 N–H and O–H groups in total. The topological polar surface area (TPSA) is 94.8 Å². The number of pyridine rings is 1. The van der Waals surface area contributed by atoms with Gasteiger partial charge in [0.2, 0.25) is 6.10 Å². The Balaban J connectivity index is 1.87. The molecule has 8 heteroatoms. The number of anilines is 1. The minimum Gasteiger partial charge on any atom is -0.463 e. The lowest BCUT2D eigenvalue weighted by Gasteiger charge is -2.20. The third kappa shape index (κ3) is 2.98. The number of rotatable bonds is 5. The normalized spacial score (nSPS) is 20.1. The number of esters is 1. The predicted molar refractivity (Wildman–Crippen MR) is 89.8 cm³/mol. The molecule has 3 rings (SSSR count). The largest absolute Gasteiger partial charge is 0.463 e. The molecule has 0 aromatic carbocycles. The summed E-state index contributed by atoms with van der Waals surface area (Å²) in [6, 6.07) is 8.70. The Hall–Kier alpha value is -2.45. The van der Waals surface area contributed by atoms with Gasteiger partial charge in [0, 0.05) is 12.7 Å². The third-order valence-corrected chi connectivity index (χ3v) is 4.72. The van der Waals surface area contributed by atoms with E-state index in [0.717, 1.165) is 10.6 Å². The van der Waals surface area contributed by atoms with E-state index in [1.165, 1.54) is 16.2 Å². The fraction of sp³-hybridized carbons (Fsp3) is 0.312. The smallest absolute Gasteiger partial charge is 0.416 e. The molecule has 0 bridgehead atoms. The maximum Gasteiger partial charge on any atom is 0.416 e. The minimum absolute atomic E-state index is 0.0893. The summed E-state index contributed by atoms with van der Waals surface area (Å²) in [5.74, 6) is -0.578. The highest BCUT2D eigenvalue weighted by molar-refractivity contribution is 7.19. The van der Waals surface area contributed by atoms with Crippen molar-refractivity contribution in [3.05, 3.63) is 36.5 Å². The monoisotopic (exact) mass is 347 g/mol. The Morgan fingerprint density at radius 1 is 1.42 bits per heavy atom. The molecule has 2 atom stereocenters. The summed E-state index contributed by atoms with van der Waals surface area (Å²) in [5, 5.41) is 0.655. The molecule has 1 amide bonds. The summed E-state index contributed by atoms with van der Waals surface area (Å²) in [7, 11) is 0. The van der Waals surface area contributed by atoms with Gasteiger partial charge in [0.15, 0.2) is 0 Å². The molecule has 2 aromatic heterocycles. The van der Waals surface area contributed by atoms with Crippen molar-refractivity contribution in [2.75, 3.05) is 18.1 Å². The van der Waals surface area contributed by atoms with Crippen molar-refractivity contribution in [3.63, 3.8) is 0 Å². The van der Waals surface area contributed by atoms with Crippen molar-refractivity contribution >= 4 is 28.4 Å². The summed E-state index contributed by atoms with van der Waals surface area (Å²) < 4.78 is 10.1. The molecule has 3 heterocycles. The predicted octanol–water partition coefficient (Wildman–Crippen LogP) is 2.03. The quantitative estimate of drug-likeness (QED) is 0.832. The standard InChI is InChI=1S/C16H17N3O4S/c1-2-22-15(20)14-11(9-17)19(16(21)23-14)13-7-6-12(24-13)10-5-3-4-8-18-10/h3-8,11,14H,2,9,17H2,1H3/t11?,14-/m1/s1. The van der Waals surface area contributed by atoms with Gasteiger partial charge in [-0.05, 0) is 31.2 Å². The Morgan fingerprint density at radius 2 is 2.25 bits per heavy atom. The minimum atomic E-state index is -1.01. The second-order valence-corrected chi connectivity index (χ2v) is 6.14. The van der Waals surface area contributed by atoms with Crippen molar-refractivity contribution in [1.29, 1.82) is 0 Å². The first kappa shape index (κ1) is 16.4. The van der Waals surface area contributed by atoms with E-state index >= 15 is 0 Å². The first-order valence-corrected chi connectivity index (χ1v) is 8.35. The maximum atomic E-state index is 12.2. The molecule has 1 saturated heterocycles. The van der Waals surface area contributed by atoms with Gasteiger partial charge >= 0.3 is 12.1 Å². The summed E-state index contributed by atoms with van der Waals surface area (Å²) in [6.45, 7) is 2.00. The Kier molecular flexibility index (Phi) is 4.77. The number of nitrogens with two attached hydrogens (primary N) is 1. The number of amides is 1. The Labute approximate surface area is 143 Å². The van der Waals surface area contributed by atoms with E-state index in [9.17, 15) is 9.59 Å². The molecule has 1 fully saturated rings. The van der Waals surface area contributed by atoms with Crippen LogP contribution in [0.3, 0.4) is 0 Å². The van der Waals surface area contributed by atoms with E-state index in [4.69, 9.17) is 15.2 Å². The molecule has 24 heavy (non-hydrogen) atoms. The molecule has 126 valence electrons. The molecule has 1 unspecified atom stereocenters. The van der Waals surface area contributed by atoms with E-state index in [-0.39, 0.29) is 13.2 Å². The molecule has 0 radical (unpaired) electrons. The molecule has 7 nitrogen and oxygen atoms in total. The van der Waals surface area contributed by atoms with Crippen molar-refractivity contribution in [2.45, 2.75) is 19.1 Å². The number of hydrogen-bond donors (Lipinski definition) is 1. The highest BCUT2D eigenvalue weighted by Gasteiger charge is 2.47. The molecular formula is C16H17N3O4S. The van der Waals surface area contributed by atoms with Crippen LogP contribution >= 0.6 is 11.3 Å². The molecule has 1 aliphatic rings. The number of carbonyl (C=O) groups is 2. The zero-order chi connectivity index (χ0) is 17.1. The van der Waals surface area contributed by atoms with Crippen molar-refractivity contribution in [3.8, 4) is 10.6 Å². The van der Waals surface area contributed by atoms with Crippen LogP contribution in [0.25, 0.3) is 10.6 Å². The van der Waals surface area contributed by atoms with E-state index in [1.807, 2.05) is 24.3 Å². The van der Waals surface area contributed by atoms with E-state index in [2.05, 4.69) is 4.98 Å². The van der Waals surface area contributed by atoms with Crippen LogP contribution in [0.5, 0.6) is 0 Å². The molecular weight excluding hydrogens is 330 g/mol. The SMILES string of the molecule is CCOC(=O)[C@@H]1OC(=O)N(c2ccc(-c3ccccn3)s2)C1CN. The lowest BCUT2D eigenvalue weighted by molar-refractivity contribution is -0.152. The van der Waals surface area contributed by atoms with Gasteiger partial charge < -0.3 is 15.2 Å².